The lowest BCUT2D eigenvalue weighted by Gasteiger charge is -2.16. The Labute approximate surface area is 181 Å². The number of ether oxygens (including phenoxy) is 1. The van der Waals surface area contributed by atoms with E-state index in [4.69, 9.17) is 21.4 Å². The van der Waals surface area contributed by atoms with Gasteiger partial charge in [-0.15, -0.1) is 17.8 Å². The molecule has 30 heavy (non-hydrogen) atoms. The van der Waals surface area contributed by atoms with Crippen molar-refractivity contribution in [2.75, 3.05) is 26.3 Å². The summed E-state index contributed by atoms with van der Waals surface area (Å²) in [5.41, 5.74) is 2.52. The van der Waals surface area contributed by atoms with E-state index in [0.29, 0.717) is 25.4 Å². The molecular formula is C21H18N2O5S2. The van der Waals surface area contributed by atoms with E-state index < -0.39 is 11.9 Å². The van der Waals surface area contributed by atoms with Gasteiger partial charge in [-0.2, -0.15) is 0 Å². The quantitative estimate of drug-likeness (QED) is 0.402. The van der Waals surface area contributed by atoms with Gasteiger partial charge in [-0.25, -0.2) is 9.59 Å². The number of fused-ring (bicyclic) bond motifs is 2. The van der Waals surface area contributed by atoms with E-state index >= 15 is 0 Å². The van der Waals surface area contributed by atoms with Crippen LogP contribution in [0.15, 0.2) is 51.7 Å². The van der Waals surface area contributed by atoms with Gasteiger partial charge in [0.05, 0.1) is 18.8 Å². The van der Waals surface area contributed by atoms with Gasteiger partial charge in [0, 0.05) is 44.6 Å². The van der Waals surface area contributed by atoms with Gasteiger partial charge in [-0.1, -0.05) is 35.9 Å². The predicted octanol–water partition coefficient (Wildman–Crippen LogP) is 3.35. The van der Waals surface area contributed by atoms with Gasteiger partial charge in [-0.05, 0) is 6.07 Å². The summed E-state index contributed by atoms with van der Waals surface area (Å²) >= 11 is 3.50. The Morgan fingerprint density at radius 3 is 2.70 bits per heavy atom. The maximum atomic E-state index is 9.55. The SMILES string of the molecule is C#CCOCC1=C(c2csc3ccccc23)N2CCN=C2S1.O=C(O)/C=C/C(=O)O. The van der Waals surface area contributed by atoms with Gasteiger partial charge in [0.2, 0.25) is 0 Å². The van der Waals surface area contributed by atoms with Gasteiger partial charge in [0.1, 0.15) is 6.61 Å². The largest absolute Gasteiger partial charge is 0.478 e. The number of rotatable bonds is 6. The average molecular weight is 443 g/mol. The van der Waals surface area contributed by atoms with Crippen LogP contribution in [0.3, 0.4) is 0 Å². The van der Waals surface area contributed by atoms with Crippen molar-refractivity contribution in [3.8, 4) is 12.3 Å². The predicted molar refractivity (Wildman–Crippen MR) is 119 cm³/mol. The van der Waals surface area contributed by atoms with Crippen molar-refractivity contribution in [3.05, 3.63) is 52.3 Å². The fourth-order valence-corrected chi connectivity index (χ4v) is 5.00. The first kappa shape index (κ1) is 21.6. The molecule has 0 saturated carbocycles. The molecule has 154 valence electrons. The highest BCUT2D eigenvalue weighted by Gasteiger charge is 2.33. The Hall–Kier alpha value is -3.06. The maximum Gasteiger partial charge on any atom is 0.328 e. The zero-order chi connectivity index (χ0) is 21.5. The summed E-state index contributed by atoms with van der Waals surface area (Å²) in [4.78, 5) is 27.2. The Morgan fingerprint density at radius 2 is 2.00 bits per heavy atom. The van der Waals surface area contributed by atoms with E-state index in [1.165, 1.54) is 26.3 Å². The van der Waals surface area contributed by atoms with Gasteiger partial charge in [-0.3, -0.25) is 4.99 Å². The highest BCUT2D eigenvalue weighted by atomic mass is 32.2. The average Bonchev–Trinajstić information content (AvgIpc) is 3.41. The second kappa shape index (κ2) is 10.1. The van der Waals surface area contributed by atoms with Crippen molar-refractivity contribution in [2.45, 2.75) is 0 Å². The summed E-state index contributed by atoms with van der Waals surface area (Å²) in [6, 6.07) is 8.53. The fraction of sp³-hybridized carbons (Fsp3) is 0.190. The third-order valence-corrected chi connectivity index (χ3v) is 6.13. The molecule has 0 amide bonds. The van der Waals surface area contributed by atoms with Crippen LogP contribution in [-0.4, -0.2) is 58.5 Å². The van der Waals surface area contributed by atoms with Crippen molar-refractivity contribution in [1.29, 1.82) is 0 Å². The molecule has 1 aromatic carbocycles. The number of carbonyl (C=O) groups is 2. The highest BCUT2D eigenvalue weighted by Crippen LogP contribution is 2.44. The van der Waals surface area contributed by atoms with Crippen molar-refractivity contribution in [1.82, 2.24) is 4.90 Å². The van der Waals surface area contributed by atoms with Crippen molar-refractivity contribution in [2.24, 2.45) is 4.99 Å². The molecule has 7 nitrogen and oxygen atoms in total. The molecule has 4 rings (SSSR count). The number of carboxylic acid groups (broad SMARTS) is 2. The van der Waals surface area contributed by atoms with Gasteiger partial charge in [0.15, 0.2) is 5.17 Å². The minimum absolute atomic E-state index is 0.341. The van der Waals surface area contributed by atoms with Crippen LogP contribution in [0.5, 0.6) is 0 Å². The molecule has 0 fully saturated rings. The van der Waals surface area contributed by atoms with Crippen LogP contribution in [0.1, 0.15) is 5.56 Å². The van der Waals surface area contributed by atoms with Gasteiger partial charge in [0.25, 0.3) is 0 Å². The van der Waals surface area contributed by atoms with Crippen LogP contribution >= 0.6 is 23.1 Å². The fourth-order valence-electron chi connectivity index (χ4n) is 2.93. The van der Waals surface area contributed by atoms with Crippen LogP contribution < -0.4 is 0 Å². The standard InChI is InChI=1S/C17H14N2OS2.C4H4O4/c1-2-9-20-10-15-16(19-8-7-18-17(19)22-15)13-11-21-14-6-4-3-5-12(13)14;5-3(6)1-2-4(7)8/h1,3-6,11H,7-10H2;1-2H,(H,5,6)(H,7,8)/b;2-1+. The lowest BCUT2D eigenvalue weighted by molar-refractivity contribution is -0.134. The van der Waals surface area contributed by atoms with E-state index in [1.54, 1.807) is 23.1 Å². The molecule has 0 saturated heterocycles. The van der Waals surface area contributed by atoms with Gasteiger partial charge >= 0.3 is 11.9 Å². The molecule has 0 atom stereocenters. The number of terminal acetylenes is 1. The number of aliphatic imine (C=N–C) groups is 1. The van der Waals surface area contributed by atoms with Gasteiger partial charge < -0.3 is 19.8 Å². The van der Waals surface area contributed by atoms with Crippen molar-refractivity contribution >= 4 is 56.0 Å². The molecule has 2 aliphatic rings. The molecule has 2 aliphatic heterocycles. The molecule has 0 unspecified atom stereocenters. The molecule has 0 bridgehead atoms. The van der Waals surface area contributed by atoms with Crippen LogP contribution in [0.25, 0.3) is 15.8 Å². The lowest BCUT2D eigenvalue weighted by atomic mass is 10.1. The summed E-state index contributed by atoms with van der Waals surface area (Å²) in [6.07, 6.45) is 6.39. The lowest BCUT2D eigenvalue weighted by Crippen LogP contribution is -2.20. The summed E-state index contributed by atoms with van der Waals surface area (Å²) in [5.74, 6) is 0.0113. The zero-order valence-corrected chi connectivity index (χ0v) is 17.4. The van der Waals surface area contributed by atoms with Crippen LogP contribution in [0.4, 0.5) is 0 Å². The Balaban J connectivity index is 0.000000275. The van der Waals surface area contributed by atoms with Crippen LogP contribution in [0, 0.1) is 12.3 Å². The number of thioether (sulfide) groups is 1. The van der Waals surface area contributed by atoms with Crippen LogP contribution in [0.2, 0.25) is 0 Å². The van der Waals surface area contributed by atoms with E-state index in [1.807, 2.05) is 0 Å². The van der Waals surface area contributed by atoms with Crippen molar-refractivity contribution < 1.29 is 24.5 Å². The van der Waals surface area contributed by atoms with E-state index in [2.05, 4.69) is 45.5 Å². The Kier molecular flexibility index (Phi) is 7.30. The number of benzene rings is 1. The number of hydrogen-bond acceptors (Lipinski definition) is 7. The number of nitrogens with zero attached hydrogens (tertiary/aromatic N) is 2. The van der Waals surface area contributed by atoms with E-state index in [9.17, 15) is 9.59 Å². The molecule has 0 aliphatic carbocycles. The summed E-state index contributed by atoms with van der Waals surface area (Å²) in [6.45, 7) is 2.70. The topological polar surface area (TPSA) is 99.4 Å². The number of carboxylic acids is 2. The normalized spacial score (nSPS) is 15.0. The molecule has 0 spiro atoms. The monoisotopic (exact) mass is 442 g/mol. The Bertz CT molecular complexity index is 1080. The summed E-state index contributed by atoms with van der Waals surface area (Å²) < 4.78 is 6.89. The van der Waals surface area contributed by atoms with Crippen molar-refractivity contribution in [3.63, 3.8) is 0 Å². The third kappa shape index (κ3) is 5.10. The molecule has 3 heterocycles. The Morgan fingerprint density at radius 1 is 1.27 bits per heavy atom. The highest BCUT2D eigenvalue weighted by molar-refractivity contribution is 8.17. The molecule has 2 N–H and O–H groups in total. The number of aliphatic carboxylic acids is 2. The summed E-state index contributed by atoms with van der Waals surface area (Å²) in [5, 5.41) is 20.2. The first-order chi connectivity index (χ1) is 14.5. The third-order valence-electron chi connectivity index (χ3n) is 4.07. The second-order valence-corrected chi connectivity index (χ2v) is 8.02. The van der Waals surface area contributed by atoms with Crippen LogP contribution in [-0.2, 0) is 14.3 Å². The number of thiophene rings is 1. The molecule has 0 radical (unpaired) electrons. The molecular weight excluding hydrogens is 424 g/mol. The minimum Gasteiger partial charge on any atom is -0.478 e. The number of hydrogen-bond donors (Lipinski definition) is 2. The molecule has 2 aromatic rings. The minimum atomic E-state index is -1.26. The zero-order valence-electron chi connectivity index (χ0n) is 15.8. The maximum absolute atomic E-state index is 9.55. The second-order valence-electron chi connectivity index (χ2n) is 6.04. The first-order valence-corrected chi connectivity index (χ1v) is 10.6. The smallest absolute Gasteiger partial charge is 0.328 e. The molecule has 1 aromatic heterocycles. The first-order valence-electron chi connectivity index (χ1n) is 8.86. The number of amidine groups is 1. The van der Waals surface area contributed by atoms with E-state index in [-0.39, 0.29) is 0 Å². The summed E-state index contributed by atoms with van der Waals surface area (Å²) in [7, 11) is 0. The van der Waals surface area contributed by atoms with E-state index in [0.717, 1.165) is 18.3 Å². The molecule has 9 heteroatoms.